The Hall–Kier alpha value is -1.95. The zero-order valence-electron chi connectivity index (χ0n) is 9.87. The van der Waals surface area contributed by atoms with Crippen molar-refractivity contribution in [1.29, 1.82) is 0 Å². The fourth-order valence-electron chi connectivity index (χ4n) is 1.29. The van der Waals surface area contributed by atoms with Gasteiger partial charge in [-0.15, -0.1) is 5.10 Å². The van der Waals surface area contributed by atoms with Crippen molar-refractivity contribution < 1.29 is 4.74 Å². The third-order valence-electron chi connectivity index (χ3n) is 2.23. The van der Waals surface area contributed by atoms with Crippen molar-refractivity contribution >= 4 is 0 Å². The van der Waals surface area contributed by atoms with E-state index < -0.39 is 0 Å². The van der Waals surface area contributed by atoms with Crippen molar-refractivity contribution in [3.63, 3.8) is 0 Å². The standard InChI is InChI=1S/C11H15N5O/c1-8(2)16-7-10(6-13-16)17-11-4-3-9(5-12)14-15-11/h3-4,6-8H,5,12H2,1-2H3. The Morgan fingerprint density at radius 3 is 2.71 bits per heavy atom. The second-order valence-corrected chi connectivity index (χ2v) is 3.92. The molecule has 0 unspecified atom stereocenters. The molecule has 6 nitrogen and oxygen atoms in total. The zero-order chi connectivity index (χ0) is 12.3. The summed E-state index contributed by atoms with van der Waals surface area (Å²) in [6.07, 6.45) is 3.47. The highest BCUT2D eigenvalue weighted by molar-refractivity contribution is 5.21. The Morgan fingerprint density at radius 2 is 2.18 bits per heavy atom. The van der Waals surface area contributed by atoms with E-state index in [1.54, 1.807) is 18.3 Å². The molecule has 2 N–H and O–H groups in total. The van der Waals surface area contributed by atoms with Crippen LogP contribution in [0.4, 0.5) is 0 Å². The topological polar surface area (TPSA) is 78.9 Å². The Bertz CT molecular complexity index is 477. The van der Waals surface area contributed by atoms with Crippen molar-refractivity contribution in [2.45, 2.75) is 26.4 Å². The van der Waals surface area contributed by atoms with Crippen LogP contribution in [0.3, 0.4) is 0 Å². The summed E-state index contributed by atoms with van der Waals surface area (Å²) in [6, 6.07) is 3.83. The van der Waals surface area contributed by atoms with Crippen LogP contribution in [0.15, 0.2) is 24.5 Å². The highest BCUT2D eigenvalue weighted by Crippen LogP contribution is 2.19. The molecule has 2 aromatic rings. The van der Waals surface area contributed by atoms with Gasteiger partial charge >= 0.3 is 0 Å². The highest BCUT2D eigenvalue weighted by Gasteiger charge is 2.04. The smallest absolute Gasteiger partial charge is 0.239 e. The van der Waals surface area contributed by atoms with Gasteiger partial charge in [0.2, 0.25) is 5.88 Å². The number of hydrogen-bond acceptors (Lipinski definition) is 5. The quantitative estimate of drug-likeness (QED) is 0.865. The number of nitrogens with zero attached hydrogens (tertiary/aromatic N) is 4. The molecule has 0 bridgehead atoms. The first-order valence-electron chi connectivity index (χ1n) is 5.43. The normalized spacial score (nSPS) is 10.8. The van der Waals surface area contributed by atoms with E-state index in [2.05, 4.69) is 15.3 Å². The molecule has 0 fully saturated rings. The Morgan fingerprint density at radius 1 is 1.35 bits per heavy atom. The second kappa shape index (κ2) is 4.92. The molecule has 2 aromatic heterocycles. The molecule has 0 saturated carbocycles. The van der Waals surface area contributed by atoms with Gasteiger partial charge in [0.15, 0.2) is 5.75 Å². The molecule has 0 aliphatic rings. The maximum atomic E-state index is 5.51. The number of rotatable bonds is 4. The molecule has 0 aliphatic heterocycles. The fraction of sp³-hybridized carbons (Fsp3) is 0.364. The Kier molecular flexibility index (Phi) is 3.34. The lowest BCUT2D eigenvalue weighted by atomic mass is 10.4. The van der Waals surface area contributed by atoms with E-state index in [1.807, 2.05) is 24.7 Å². The van der Waals surface area contributed by atoms with E-state index in [0.717, 1.165) is 5.69 Å². The van der Waals surface area contributed by atoms with Crippen molar-refractivity contribution in [1.82, 2.24) is 20.0 Å². The third-order valence-corrected chi connectivity index (χ3v) is 2.23. The minimum Gasteiger partial charge on any atom is -0.434 e. The summed E-state index contributed by atoms with van der Waals surface area (Å²) in [6.45, 7) is 4.47. The molecule has 0 aromatic carbocycles. The van der Waals surface area contributed by atoms with Crippen LogP contribution in [-0.2, 0) is 6.54 Å². The van der Waals surface area contributed by atoms with Gasteiger partial charge in [0.25, 0.3) is 0 Å². The van der Waals surface area contributed by atoms with Gasteiger partial charge in [0, 0.05) is 18.7 Å². The Balaban J connectivity index is 2.08. The second-order valence-electron chi connectivity index (χ2n) is 3.92. The summed E-state index contributed by atoms with van der Waals surface area (Å²) in [5, 5.41) is 12.0. The van der Waals surface area contributed by atoms with Crippen molar-refractivity contribution in [2.24, 2.45) is 5.73 Å². The molecule has 6 heteroatoms. The highest BCUT2D eigenvalue weighted by atomic mass is 16.5. The number of ether oxygens (including phenoxy) is 1. The minimum atomic E-state index is 0.304. The predicted octanol–water partition coefficient (Wildman–Crippen LogP) is 1.50. The first-order chi connectivity index (χ1) is 8.19. The lowest BCUT2D eigenvalue weighted by Crippen LogP contribution is -2.01. The van der Waals surface area contributed by atoms with Crippen LogP contribution in [0.25, 0.3) is 0 Å². The number of aromatic nitrogens is 4. The third kappa shape index (κ3) is 2.79. The summed E-state index contributed by atoms with van der Waals surface area (Å²) in [4.78, 5) is 0. The maximum Gasteiger partial charge on any atom is 0.239 e. The molecule has 2 rings (SSSR count). The predicted molar refractivity (Wildman–Crippen MR) is 62.6 cm³/mol. The van der Waals surface area contributed by atoms with Gasteiger partial charge in [-0.3, -0.25) is 4.68 Å². The molecule has 17 heavy (non-hydrogen) atoms. The average Bonchev–Trinajstić information content (AvgIpc) is 2.79. The SMILES string of the molecule is CC(C)n1cc(Oc2ccc(CN)nn2)cn1. The molecule has 0 aliphatic carbocycles. The maximum absolute atomic E-state index is 5.51. The van der Waals surface area contributed by atoms with E-state index in [1.165, 1.54) is 0 Å². The monoisotopic (exact) mass is 233 g/mol. The van der Waals surface area contributed by atoms with Crippen molar-refractivity contribution in [2.75, 3.05) is 0 Å². The van der Waals surface area contributed by atoms with Crippen LogP contribution in [0.1, 0.15) is 25.6 Å². The van der Waals surface area contributed by atoms with Gasteiger partial charge < -0.3 is 10.5 Å². The molecular formula is C11H15N5O. The molecule has 0 atom stereocenters. The van der Waals surface area contributed by atoms with Crippen LogP contribution in [0.2, 0.25) is 0 Å². The van der Waals surface area contributed by atoms with E-state index in [9.17, 15) is 0 Å². The lowest BCUT2D eigenvalue weighted by molar-refractivity contribution is 0.450. The summed E-state index contributed by atoms with van der Waals surface area (Å²) >= 11 is 0. The van der Waals surface area contributed by atoms with Crippen molar-refractivity contribution in [3.05, 3.63) is 30.2 Å². The first kappa shape index (κ1) is 11.5. The zero-order valence-corrected chi connectivity index (χ0v) is 9.87. The molecule has 0 amide bonds. The molecule has 90 valence electrons. The average molecular weight is 233 g/mol. The van der Waals surface area contributed by atoms with E-state index in [0.29, 0.717) is 24.2 Å². The molecule has 2 heterocycles. The Labute approximate surface area is 99.4 Å². The van der Waals surface area contributed by atoms with Crippen LogP contribution in [0, 0.1) is 0 Å². The van der Waals surface area contributed by atoms with E-state index in [-0.39, 0.29) is 0 Å². The largest absolute Gasteiger partial charge is 0.434 e. The van der Waals surface area contributed by atoms with Gasteiger partial charge in [0.05, 0.1) is 18.1 Å². The van der Waals surface area contributed by atoms with Crippen LogP contribution in [-0.4, -0.2) is 20.0 Å². The summed E-state index contributed by atoms with van der Waals surface area (Å²) in [5.74, 6) is 1.08. The van der Waals surface area contributed by atoms with Gasteiger partial charge in [-0.1, -0.05) is 0 Å². The summed E-state index contributed by atoms with van der Waals surface area (Å²) < 4.78 is 7.33. The molecule has 0 radical (unpaired) electrons. The first-order valence-corrected chi connectivity index (χ1v) is 5.43. The fourth-order valence-corrected chi connectivity index (χ4v) is 1.29. The van der Waals surface area contributed by atoms with Crippen molar-refractivity contribution in [3.8, 4) is 11.6 Å². The van der Waals surface area contributed by atoms with Gasteiger partial charge in [0.1, 0.15) is 0 Å². The van der Waals surface area contributed by atoms with Gasteiger partial charge in [-0.25, -0.2) is 0 Å². The van der Waals surface area contributed by atoms with E-state index >= 15 is 0 Å². The van der Waals surface area contributed by atoms with Gasteiger partial charge in [-0.05, 0) is 19.9 Å². The lowest BCUT2D eigenvalue weighted by Gasteiger charge is -2.03. The van der Waals surface area contributed by atoms with Crippen LogP contribution in [0.5, 0.6) is 11.6 Å². The molecule has 0 spiro atoms. The van der Waals surface area contributed by atoms with Gasteiger partial charge in [-0.2, -0.15) is 10.2 Å². The molecule has 0 saturated heterocycles. The van der Waals surface area contributed by atoms with Crippen LogP contribution >= 0.6 is 0 Å². The van der Waals surface area contributed by atoms with Crippen LogP contribution < -0.4 is 10.5 Å². The summed E-state index contributed by atoms with van der Waals surface area (Å²) in [5.41, 5.74) is 6.16. The molecular weight excluding hydrogens is 218 g/mol. The number of nitrogens with two attached hydrogens (primary N) is 1. The number of hydrogen-bond donors (Lipinski definition) is 1. The minimum absolute atomic E-state index is 0.304. The van der Waals surface area contributed by atoms with E-state index in [4.69, 9.17) is 10.5 Å². The summed E-state index contributed by atoms with van der Waals surface area (Å²) in [7, 11) is 0.